The molecule has 0 bridgehead atoms. The molecule has 0 N–H and O–H groups in total. The monoisotopic (exact) mass is 478 g/mol. The Hall–Kier alpha value is 0.0875. The standard InChI is InChI=1S/C26H54Si4/c1-26(2,3)25-21(19-23(27(4,5)6)28(7,8)9)17-16-18-22(25)20-24(29(10,11)12)30(13,14)15/h16-18,23-24H,19-20H2,1-15H3. The molecule has 0 saturated carbocycles. The van der Waals surface area contributed by atoms with Crippen LogP contribution in [0.25, 0.3) is 0 Å². The first kappa shape index (κ1) is 28.1. The lowest BCUT2D eigenvalue weighted by Crippen LogP contribution is -2.45. The van der Waals surface area contributed by atoms with Crippen LogP contribution in [0.3, 0.4) is 0 Å². The molecule has 0 unspecified atom stereocenters. The topological polar surface area (TPSA) is 0 Å². The third kappa shape index (κ3) is 7.60. The van der Waals surface area contributed by atoms with Gasteiger partial charge in [0.15, 0.2) is 0 Å². The fraction of sp³-hybridized carbons (Fsp3) is 0.769. The molecule has 0 amide bonds. The van der Waals surface area contributed by atoms with E-state index in [4.69, 9.17) is 0 Å². The van der Waals surface area contributed by atoms with Crippen LogP contribution in [0.5, 0.6) is 0 Å². The second kappa shape index (κ2) is 9.15. The SMILES string of the molecule is CC(C)(C)c1c(CC([Si](C)(C)C)[Si](C)(C)C)cccc1CC([Si](C)(C)C)[Si](C)(C)C. The first-order valence-electron chi connectivity index (χ1n) is 12.2. The maximum atomic E-state index is 2.60. The third-order valence-corrected chi connectivity index (χ3v) is 26.6. The molecule has 174 valence electrons. The van der Waals surface area contributed by atoms with E-state index in [2.05, 4.69) is 118 Å². The predicted octanol–water partition coefficient (Wildman–Crippen LogP) is 9.24. The molecule has 0 aromatic heterocycles. The highest BCUT2D eigenvalue weighted by Crippen LogP contribution is 2.42. The van der Waals surface area contributed by atoms with E-state index in [9.17, 15) is 0 Å². The summed E-state index contributed by atoms with van der Waals surface area (Å²) < 4.78 is 0. The van der Waals surface area contributed by atoms with Gasteiger partial charge in [0, 0.05) is 32.3 Å². The lowest BCUT2D eigenvalue weighted by Gasteiger charge is -2.41. The Balaban J connectivity index is 3.60. The van der Waals surface area contributed by atoms with Gasteiger partial charge >= 0.3 is 0 Å². The van der Waals surface area contributed by atoms with E-state index >= 15 is 0 Å². The molecule has 0 nitrogen and oxygen atoms in total. The Labute approximate surface area is 194 Å². The highest BCUT2D eigenvalue weighted by Gasteiger charge is 2.40. The van der Waals surface area contributed by atoms with Gasteiger partial charge in [0.25, 0.3) is 0 Å². The smallest absolute Gasteiger partial charge is 0.0450 e. The minimum Gasteiger partial charge on any atom is -0.0695 e. The molecule has 0 spiro atoms. The van der Waals surface area contributed by atoms with Crippen LogP contribution in [-0.2, 0) is 18.3 Å². The first-order valence-corrected chi connectivity index (χ1v) is 26.5. The van der Waals surface area contributed by atoms with Crippen molar-refractivity contribution < 1.29 is 0 Å². The highest BCUT2D eigenvalue weighted by molar-refractivity contribution is 6.97. The number of hydrogen-bond acceptors (Lipinski definition) is 0. The van der Waals surface area contributed by atoms with Crippen molar-refractivity contribution in [2.45, 2.75) is 128 Å². The minimum atomic E-state index is -1.22. The van der Waals surface area contributed by atoms with Gasteiger partial charge in [0.1, 0.15) is 0 Å². The Morgan fingerprint density at radius 3 is 1.03 bits per heavy atom. The summed E-state index contributed by atoms with van der Waals surface area (Å²) in [5.41, 5.74) is 5.23. The minimum absolute atomic E-state index is 0.207. The summed E-state index contributed by atoms with van der Waals surface area (Å²) >= 11 is 0. The first-order chi connectivity index (χ1) is 13.1. The fourth-order valence-electron chi connectivity index (χ4n) is 6.22. The van der Waals surface area contributed by atoms with Crippen LogP contribution in [-0.4, -0.2) is 32.3 Å². The molecule has 1 aromatic carbocycles. The summed E-state index contributed by atoms with van der Waals surface area (Å²) in [6.45, 7) is 38.6. The average molecular weight is 479 g/mol. The molecule has 0 aliphatic rings. The zero-order chi connectivity index (χ0) is 23.9. The maximum Gasteiger partial charge on any atom is 0.0450 e. The van der Waals surface area contributed by atoms with Crippen molar-refractivity contribution in [1.29, 1.82) is 0 Å². The molecule has 4 heteroatoms. The largest absolute Gasteiger partial charge is 0.0695 e. The van der Waals surface area contributed by atoms with E-state index in [1.807, 2.05) is 0 Å². The lowest BCUT2D eigenvalue weighted by atomic mass is 9.79. The van der Waals surface area contributed by atoms with E-state index in [1.54, 1.807) is 16.7 Å². The van der Waals surface area contributed by atoms with Crippen molar-refractivity contribution in [3.63, 3.8) is 0 Å². The molecule has 0 aliphatic heterocycles. The van der Waals surface area contributed by atoms with E-state index in [1.165, 1.54) is 12.8 Å². The fourth-order valence-corrected chi connectivity index (χ4v) is 30.3. The Morgan fingerprint density at radius 1 is 0.567 bits per heavy atom. The molecule has 0 saturated heterocycles. The molecule has 0 aliphatic carbocycles. The van der Waals surface area contributed by atoms with E-state index in [0.29, 0.717) is 0 Å². The second-order valence-electron chi connectivity index (χ2n) is 15.2. The van der Waals surface area contributed by atoms with Crippen LogP contribution in [0.2, 0.25) is 88.9 Å². The van der Waals surface area contributed by atoms with Crippen molar-refractivity contribution in [2.24, 2.45) is 0 Å². The number of rotatable bonds is 8. The summed E-state index contributed by atoms with van der Waals surface area (Å²) in [6.07, 6.45) is 2.60. The van der Waals surface area contributed by atoms with Crippen molar-refractivity contribution >= 4 is 32.3 Å². The normalized spacial score (nSPS) is 14.7. The van der Waals surface area contributed by atoms with E-state index in [0.717, 1.165) is 10.3 Å². The lowest BCUT2D eigenvalue weighted by molar-refractivity contribution is 0.574. The molecule has 30 heavy (non-hydrogen) atoms. The van der Waals surface area contributed by atoms with Gasteiger partial charge in [-0.2, -0.15) is 0 Å². The molecule has 0 atom stereocenters. The summed E-state index contributed by atoms with van der Waals surface area (Å²) in [6, 6.07) is 7.35. The quantitative estimate of drug-likeness (QED) is 0.326. The third-order valence-electron chi connectivity index (χ3n) is 7.02. The van der Waals surface area contributed by atoms with Gasteiger partial charge in [0.2, 0.25) is 0 Å². The van der Waals surface area contributed by atoms with Crippen molar-refractivity contribution in [3.05, 3.63) is 34.9 Å². The van der Waals surface area contributed by atoms with Gasteiger partial charge < -0.3 is 0 Å². The van der Waals surface area contributed by atoms with Gasteiger partial charge in [-0.05, 0) is 45.3 Å². The second-order valence-corrected chi connectivity index (χ2v) is 38.0. The molecule has 1 rings (SSSR count). The van der Waals surface area contributed by atoms with Crippen LogP contribution >= 0.6 is 0 Å². The van der Waals surface area contributed by atoms with Gasteiger partial charge in [0.05, 0.1) is 0 Å². The molecule has 0 heterocycles. The Morgan fingerprint density at radius 2 is 0.833 bits per heavy atom. The number of benzene rings is 1. The van der Waals surface area contributed by atoms with Gasteiger partial charge in [-0.25, -0.2) is 0 Å². The molecule has 0 fully saturated rings. The van der Waals surface area contributed by atoms with Crippen LogP contribution in [0.15, 0.2) is 18.2 Å². The van der Waals surface area contributed by atoms with Gasteiger partial charge in [-0.3, -0.25) is 0 Å². The van der Waals surface area contributed by atoms with Crippen LogP contribution in [0.4, 0.5) is 0 Å². The summed E-state index contributed by atoms with van der Waals surface area (Å²) in [4.78, 5) is 0. The van der Waals surface area contributed by atoms with Gasteiger partial charge in [-0.15, -0.1) is 0 Å². The Bertz CT molecular complexity index is 621. The summed E-state index contributed by atoms with van der Waals surface area (Å²) in [7, 11) is -4.88. The number of hydrogen-bond donors (Lipinski definition) is 0. The van der Waals surface area contributed by atoms with Gasteiger partial charge in [-0.1, -0.05) is 118 Å². The Kier molecular flexibility index (Phi) is 8.57. The molecular weight excluding hydrogens is 425 g/mol. The van der Waals surface area contributed by atoms with Crippen LogP contribution in [0, 0.1) is 0 Å². The van der Waals surface area contributed by atoms with Crippen molar-refractivity contribution in [2.75, 3.05) is 0 Å². The zero-order valence-electron chi connectivity index (χ0n) is 23.3. The summed E-state index contributed by atoms with van der Waals surface area (Å²) in [5, 5.41) is 1.84. The van der Waals surface area contributed by atoms with Crippen molar-refractivity contribution in [3.8, 4) is 0 Å². The van der Waals surface area contributed by atoms with Crippen LogP contribution in [0.1, 0.15) is 37.5 Å². The van der Waals surface area contributed by atoms with Crippen LogP contribution < -0.4 is 0 Å². The molecule has 0 radical (unpaired) electrons. The predicted molar refractivity (Wildman–Crippen MR) is 153 cm³/mol. The maximum absolute atomic E-state index is 2.60. The molecular formula is C26H54Si4. The zero-order valence-corrected chi connectivity index (χ0v) is 27.3. The van der Waals surface area contributed by atoms with Crippen molar-refractivity contribution in [1.82, 2.24) is 0 Å². The highest BCUT2D eigenvalue weighted by atomic mass is 28.4. The molecule has 1 aromatic rings. The summed E-state index contributed by atoms with van der Waals surface area (Å²) in [5.74, 6) is 0. The average Bonchev–Trinajstić information content (AvgIpc) is 2.44. The van der Waals surface area contributed by atoms with E-state index < -0.39 is 32.3 Å². The van der Waals surface area contributed by atoms with E-state index in [-0.39, 0.29) is 5.41 Å².